The molecule has 0 radical (unpaired) electrons. The van der Waals surface area contributed by atoms with Gasteiger partial charge in [-0.2, -0.15) is 0 Å². The van der Waals surface area contributed by atoms with E-state index in [2.05, 4.69) is 16.0 Å². The lowest BCUT2D eigenvalue weighted by molar-refractivity contribution is 0.0951. The fourth-order valence-electron chi connectivity index (χ4n) is 2.78. The molecule has 2 aromatic carbocycles. The number of benzene rings is 2. The number of rotatable bonds is 6. The molecule has 0 spiro atoms. The van der Waals surface area contributed by atoms with Crippen molar-refractivity contribution in [2.75, 3.05) is 18.5 Å². The normalized spacial score (nSPS) is 16.0. The van der Waals surface area contributed by atoms with Crippen molar-refractivity contribution < 1.29 is 18.7 Å². The maximum atomic E-state index is 12.9. The largest absolute Gasteiger partial charge is 0.376 e. The first-order valence-corrected chi connectivity index (χ1v) is 8.89. The van der Waals surface area contributed by atoms with Gasteiger partial charge in [0.15, 0.2) is 0 Å². The maximum absolute atomic E-state index is 12.9. The van der Waals surface area contributed by atoms with Gasteiger partial charge in [0.2, 0.25) is 0 Å². The zero-order chi connectivity index (χ0) is 19.1. The average molecular weight is 371 g/mol. The summed E-state index contributed by atoms with van der Waals surface area (Å²) in [5.74, 6) is -0.554. The van der Waals surface area contributed by atoms with Crippen LogP contribution in [0.5, 0.6) is 0 Å². The van der Waals surface area contributed by atoms with Gasteiger partial charge in [0.1, 0.15) is 5.82 Å². The van der Waals surface area contributed by atoms with Crippen molar-refractivity contribution in [3.63, 3.8) is 0 Å². The summed E-state index contributed by atoms with van der Waals surface area (Å²) < 4.78 is 18.3. The molecule has 3 rings (SSSR count). The molecule has 1 aliphatic heterocycles. The summed E-state index contributed by atoms with van der Waals surface area (Å²) >= 11 is 0. The van der Waals surface area contributed by atoms with Crippen LogP contribution in [0.25, 0.3) is 0 Å². The predicted octanol–water partition coefficient (Wildman–Crippen LogP) is 3.06. The van der Waals surface area contributed by atoms with Crippen molar-refractivity contribution in [1.29, 1.82) is 0 Å². The van der Waals surface area contributed by atoms with Crippen molar-refractivity contribution in [3.05, 3.63) is 65.5 Å². The molecule has 0 bridgehead atoms. The molecule has 3 N–H and O–H groups in total. The molecular formula is C20H22FN3O3. The summed E-state index contributed by atoms with van der Waals surface area (Å²) in [6.45, 7) is 1.54. The Morgan fingerprint density at radius 1 is 1.04 bits per heavy atom. The summed E-state index contributed by atoms with van der Waals surface area (Å²) in [5, 5.41) is 8.27. The second kappa shape index (κ2) is 9.14. The van der Waals surface area contributed by atoms with E-state index >= 15 is 0 Å². The summed E-state index contributed by atoms with van der Waals surface area (Å²) in [5.41, 5.74) is 1.88. The molecule has 0 aromatic heterocycles. The lowest BCUT2D eigenvalue weighted by Gasteiger charge is -2.12. The molecule has 3 amide bonds. The number of anilines is 1. The van der Waals surface area contributed by atoms with Crippen LogP contribution in [0.2, 0.25) is 0 Å². The van der Waals surface area contributed by atoms with Gasteiger partial charge < -0.3 is 20.7 Å². The van der Waals surface area contributed by atoms with Crippen molar-refractivity contribution in [3.8, 4) is 0 Å². The van der Waals surface area contributed by atoms with E-state index in [1.807, 2.05) is 0 Å². The fraction of sp³-hybridized carbons (Fsp3) is 0.300. The molecule has 1 aliphatic rings. The van der Waals surface area contributed by atoms with Crippen LogP contribution >= 0.6 is 0 Å². The second-order valence-corrected chi connectivity index (χ2v) is 6.36. The number of hydrogen-bond acceptors (Lipinski definition) is 3. The molecule has 6 nitrogen and oxygen atoms in total. The third-order valence-corrected chi connectivity index (χ3v) is 4.29. The molecule has 1 atom stereocenters. The molecule has 1 fully saturated rings. The predicted molar refractivity (Wildman–Crippen MR) is 100 cm³/mol. The highest BCUT2D eigenvalue weighted by Crippen LogP contribution is 2.12. The van der Waals surface area contributed by atoms with Crippen LogP contribution in [-0.2, 0) is 11.3 Å². The number of carbonyl (C=O) groups is 2. The van der Waals surface area contributed by atoms with Gasteiger partial charge in [0.25, 0.3) is 5.91 Å². The first-order chi connectivity index (χ1) is 13.1. The highest BCUT2D eigenvalue weighted by atomic mass is 19.1. The van der Waals surface area contributed by atoms with Crippen molar-refractivity contribution in [2.45, 2.75) is 25.5 Å². The maximum Gasteiger partial charge on any atom is 0.319 e. The van der Waals surface area contributed by atoms with E-state index in [-0.39, 0.29) is 23.9 Å². The Hall–Kier alpha value is -2.93. The van der Waals surface area contributed by atoms with Crippen molar-refractivity contribution in [2.24, 2.45) is 0 Å². The number of hydrogen-bond donors (Lipinski definition) is 3. The molecular weight excluding hydrogens is 349 g/mol. The SMILES string of the molecule is O=C(NCC1CCCO1)Nc1ccc(C(=O)NCc2ccc(F)cc2)cc1. The molecule has 2 aromatic rings. The average Bonchev–Trinajstić information content (AvgIpc) is 3.20. The zero-order valence-corrected chi connectivity index (χ0v) is 14.8. The lowest BCUT2D eigenvalue weighted by atomic mass is 10.1. The van der Waals surface area contributed by atoms with Gasteiger partial charge in [-0.1, -0.05) is 12.1 Å². The Bertz CT molecular complexity index is 772. The van der Waals surface area contributed by atoms with Crippen LogP contribution in [-0.4, -0.2) is 31.2 Å². The summed E-state index contributed by atoms with van der Waals surface area (Å²) in [6, 6.07) is 12.2. The van der Waals surface area contributed by atoms with Crippen LogP contribution < -0.4 is 16.0 Å². The van der Waals surface area contributed by atoms with Gasteiger partial charge in [-0.15, -0.1) is 0 Å². The van der Waals surface area contributed by atoms with E-state index in [1.165, 1.54) is 12.1 Å². The monoisotopic (exact) mass is 371 g/mol. The molecule has 1 saturated heterocycles. The molecule has 0 saturated carbocycles. The Morgan fingerprint density at radius 2 is 1.78 bits per heavy atom. The summed E-state index contributed by atoms with van der Waals surface area (Å²) in [4.78, 5) is 24.1. The third kappa shape index (κ3) is 5.79. The number of carbonyl (C=O) groups excluding carboxylic acids is 2. The first kappa shape index (κ1) is 18.8. The van der Waals surface area contributed by atoms with Crippen LogP contribution in [0.4, 0.5) is 14.9 Å². The fourth-order valence-corrected chi connectivity index (χ4v) is 2.78. The Balaban J connectivity index is 1.45. The number of nitrogens with one attached hydrogen (secondary N) is 3. The van der Waals surface area contributed by atoms with Crippen LogP contribution in [0, 0.1) is 5.82 Å². The quantitative estimate of drug-likeness (QED) is 0.730. The zero-order valence-electron chi connectivity index (χ0n) is 14.8. The molecule has 7 heteroatoms. The third-order valence-electron chi connectivity index (χ3n) is 4.29. The van der Waals surface area contributed by atoms with Gasteiger partial charge in [-0.05, 0) is 54.8 Å². The molecule has 1 unspecified atom stereocenters. The van der Waals surface area contributed by atoms with E-state index in [0.717, 1.165) is 25.0 Å². The van der Waals surface area contributed by atoms with E-state index < -0.39 is 0 Å². The number of urea groups is 1. The topological polar surface area (TPSA) is 79.5 Å². The van der Waals surface area contributed by atoms with Gasteiger partial charge in [-0.25, -0.2) is 9.18 Å². The van der Waals surface area contributed by atoms with Crippen LogP contribution in [0.15, 0.2) is 48.5 Å². The number of amides is 3. The van der Waals surface area contributed by atoms with Crippen molar-refractivity contribution in [1.82, 2.24) is 10.6 Å². The van der Waals surface area contributed by atoms with E-state index in [9.17, 15) is 14.0 Å². The van der Waals surface area contributed by atoms with Gasteiger partial charge in [0, 0.05) is 30.9 Å². The lowest BCUT2D eigenvalue weighted by Crippen LogP contribution is -2.35. The minimum Gasteiger partial charge on any atom is -0.376 e. The van der Waals surface area contributed by atoms with E-state index in [1.54, 1.807) is 36.4 Å². The van der Waals surface area contributed by atoms with Gasteiger partial charge in [-0.3, -0.25) is 4.79 Å². The molecule has 0 aliphatic carbocycles. The Morgan fingerprint density at radius 3 is 2.44 bits per heavy atom. The standard InChI is InChI=1S/C20H22FN3O3/c21-16-7-3-14(4-8-16)12-22-19(25)15-5-9-17(10-6-15)24-20(26)23-13-18-2-1-11-27-18/h3-10,18H,1-2,11-13H2,(H,22,25)(H2,23,24,26). The molecule has 1 heterocycles. The van der Waals surface area contributed by atoms with Crippen molar-refractivity contribution >= 4 is 17.6 Å². The first-order valence-electron chi connectivity index (χ1n) is 8.89. The van der Waals surface area contributed by atoms with E-state index in [4.69, 9.17) is 4.74 Å². The van der Waals surface area contributed by atoms with Gasteiger partial charge >= 0.3 is 6.03 Å². The number of ether oxygens (including phenoxy) is 1. The smallest absolute Gasteiger partial charge is 0.319 e. The van der Waals surface area contributed by atoms with Gasteiger partial charge in [0.05, 0.1) is 6.10 Å². The van der Waals surface area contributed by atoms with Crippen LogP contribution in [0.3, 0.4) is 0 Å². The summed E-state index contributed by atoms with van der Waals surface area (Å²) in [6.07, 6.45) is 2.07. The highest BCUT2D eigenvalue weighted by Gasteiger charge is 2.16. The highest BCUT2D eigenvalue weighted by molar-refractivity contribution is 5.95. The van der Waals surface area contributed by atoms with E-state index in [0.29, 0.717) is 24.3 Å². The molecule has 142 valence electrons. The molecule has 27 heavy (non-hydrogen) atoms. The second-order valence-electron chi connectivity index (χ2n) is 6.36. The minimum atomic E-state index is -0.312. The van der Waals surface area contributed by atoms with Crippen LogP contribution in [0.1, 0.15) is 28.8 Å². The Labute approximate surface area is 157 Å². The number of halogens is 1. The Kier molecular flexibility index (Phi) is 6.38. The minimum absolute atomic E-state index is 0.0860. The summed E-state index contributed by atoms with van der Waals surface area (Å²) in [7, 11) is 0.